The fourth-order valence-electron chi connectivity index (χ4n) is 3.16. The molecule has 0 unspecified atom stereocenters. The number of rotatable bonds is 6. The number of fused-ring (bicyclic) bond motifs is 1. The number of aryl methyl sites for hydroxylation is 1. The third-order valence-corrected chi connectivity index (χ3v) is 5.83. The first-order valence-corrected chi connectivity index (χ1v) is 10.4. The first-order valence-electron chi connectivity index (χ1n) is 9.42. The van der Waals surface area contributed by atoms with Gasteiger partial charge in [-0.05, 0) is 32.6 Å². The van der Waals surface area contributed by atoms with Crippen molar-refractivity contribution in [2.75, 3.05) is 11.1 Å². The van der Waals surface area contributed by atoms with Crippen LogP contribution in [0.2, 0.25) is 0 Å². The minimum Gasteiger partial charge on any atom is -0.338 e. The van der Waals surface area contributed by atoms with Crippen LogP contribution in [-0.4, -0.2) is 36.3 Å². The molecule has 0 radical (unpaired) electrons. The van der Waals surface area contributed by atoms with Gasteiger partial charge in [0.15, 0.2) is 5.65 Å². The van der Waals surface area contributed by atoms with Crippen LogP contribution in [0.4, 0.5) is 5.88 Å². The third kappa shape index (κ3) is 3.57. The molecule has 29 heavy (non-hydrogen) atoms. The topological polar surface area (TPSA) is 136 Å². The predicted molar refractivity (Wildman–Crippen MR) is 105 cm³/mol. The molecule has 0 saturated heterocycles. The minimum atomic E-state index is -0.530. The van der Waals surface area contributed by atoms with E-state index in [0.29, 0.717) is 22.2 Å². The molecule has 3 aromatic heterocycles. The Morgan fingerprint density at radius 1 is 1.31 bits per heavy atom. The van der Waals surface area contributed by atoms with Gasteiger partial charge in [-0.15, -0.1) is 0 Å². The summed E-state index contributed by atoms with van der Waals surface area (Å²) >= 11 is 1.14. The van der Waals surface area contributed by atoms with E-state index >= 15 is 0 Å². The molecule has 1 amide bonds. The summed E-state index contributed by atoms with van der Waals surface area (Å²) in [5, 5.41) is 7.02. The van der Waals surface area contributed by atoms with Gasteiger partial charge in [-0.25, -0.2) is 14.8 Å². The largest absolute Gasteiger partial charge is 0.338 e. The Morgan fingerprint density at radius 2 is 2.10 bits per heavy atom. The Morgan fingerprint density at radius 3 is 2.76 bits per heavy atom. The Labute approximate surface area is 168 Å². The first-order chi connectivity index (χ1) is 14.0. The van der Waals surface area contributed by atoms with Crippen LogP contribution in [0.5, 0.6) is 0 Å². The number of thioether (sulfide) groups is 1. The lowest BCUT2D eigenvalue weighted by molar-refractivity contribution is -0.113. The lowest BCUT2D eigenvalue weighted by Gasteiger charge is -2.11. The van der Waals surface area contributed by atoms with Crippen LogP contribution in [-0.2, 0) is 4.79 Å². The minimum absolute atomic E-state index is 0.0258. The van der Waals surface area contributed by atoms with Crippen molar-refractivity contribution in [1.29, 1.82) is 0 Å². The quantitative estimate of drug-likeness (QED) is 0.460. The Hall–Kier alpha value is -2.95. The van der Waals surface area contributed by atoms with Gasteiger partial charge in [-0.3, -0.25) is 24.5 Å². The molecule has 2 aliphatic carbocycles. The summed E-state index contributed by atoms with van der Waals surface area (Å²) in [6.07, 6.45) is 3.73. The highest BCUT2D eigenvalue weighted by molar-refractivity contribution is 8.00. The van der Waals surface area contributed by atoms with E-state index in [0.717, 1.165) is 37.4 Å². The summed E-state index contributed by atoms with van der Waals surface area (Å²) in [6.45, 7) is 1.76. The molecule has 2 fully saturated rings. The van der Waals surface area contributed by atoms with Crippen LogP contribution in [0.15, 0.2) is 25.2 Å². The standard InChI is InChI=1S/C18H18N6O4S/c1-8-6-12(28-23-8)19-11(25)7-29-17-13-15(20-14(21-17)9-2-3-9)24(10-4-5-10)18(27)22-16(13)26/h6,9-10H,2-5,7H2,1H3,(H,19,25)(H,22,26,27). The van der Waals surface area contributed by atoms with Gasteiger partial charge < -0.3 is 4.52 Å². The van der Waals surface area contributed by atoms with Crippen LogP contribution >= 0.6 is 11.8 Å². The molecule has 0 spiro atoms. The van der Waals surface area contributed by atoms with E-state index < -0.39 is 11.2 Å². The number of hydrogen-bond donors (Lipinski definition) is 2. The van der Waals surface area contributed by atoms with Crippen LogP contribution in [0, 0.1) is 6.92 Å². The van der Waals surface area contributed by atoms with Crippen molar-refractivity contribution in [1.82, 2.24) is 24.7 Å². The van der Waals surface area contributed by atoms with E-state index in [4.69, 9.17) is 4.52 Å². The van der Waals surface area contributed by atoms with Crippen molar-refractivity contribution in [2.24, 2.45) is 0 Å². The number of hydrogen-bond acceptors (Lipinski definition) is 8. The number of amides is 1. The zero-order valence-corrected chi connectivity index (χ0v) is 16.4. The SMILES string of the molecule is Cc1cc(NC(=O)CSc2nc(C3CC3)nc3c2c(=O)[nH]c(=O)n3C2CC2)on1. The Kier molecular flexibility index (Phi) is 4.26. The molecule has 3 aromatic rings. The van der Waals surface area contributed by atoms with E-state index in [-0.39, 0.29) is 34.9 Å². The summed E-state index contributed by atoms with van der Waals surface area (Å²) in [6, 6.07) is 1.67. The third-order valence-electron chi connectivity index (χ3n) is 4.85. The molecule has 150 valence electrons. The smallest absolute Gasteiger partial charge is 0.330 e. The number of anilines is 1. The summed E-state index contributed by atoms with van der Waals surface area (Å²) in [5.74, 6) is 0.854. The molecule has 10 nitrogen and oxygen atoms in total. The van der Waals surface area contributed by atoms with Gasteiger partial charge in [0.05, 0.1) is 11.4 Å². The highest BCUT2D eigenvalue weighted by atomic mass is 32.2. The Balaban J connectivity index is 1.50. The zero-order valence-electron chi connectivity index (χ0n) is 15.6. The van der Waals surface area contributed by atoms with Crippen molar-refractivity contribution in [3.8, 4) is 0 Å². The van der Waals surface area contributed by atoms with Gasteiger partial charge in [0, 0.05) is 18.0 Å². The number of aromatic nitrogens is 5. The van der Waals surface area contributed by atoms with Gasteiger partial charge >= 0.3 is 5.69 Å². The zero-order chi connectivity index (χ0) is 20.1. The van der Waals surface area contributed by atoms with Crippen molar-refractivity contribution in [3.63, 3.8) is 0 Å². The molecule has 0 aromatic carbocycles. The Bertz CT molecular complexity index is 1240. The second-order valence-electron chi connectivity index (χ2n) is 7.39. The second-order valence-corrected chi connectivity index (χ2v) is 8.35. The molecule has 0 atom stereocenters. The van der Waals surface area contributed by atoms with Crippen molar-refractivity contribution in [2.45, 2.75) is 49.6 Å². The molecule has 2 N–H and O–H groups in total. The monoisotopic (exact) mass is 414 g/mol. The van der Waals surface area contributed by atoms with E-state index in [1.54, 1.807) is 17.6 Å². The average molecular weight is 414 g/mol. The van der Waals surface area contributed by atoms with E-state index in [1.807, 2.05) is 0 Å². The van der Waals surface area contributed by atoms with Gasteiger partial charge in [-0.1, -0.05) is 16.9 Å². The highest BCUT2D eigenvalue weighted by Crippen LogP contribution is 2.40. The summed E-state index contributed by atoms with van der Waals surface area (Å²) < 4.78 is 6.55. The number of carbonyl (C=O) groups is 1. The normalized spacial score (nSPS) is 16.3. The maximum absolute atomic E-state index is 12.6. The maximum Gasteiger partial charge on any atom is 0.330 e. The lowest BCUT2D eigenvalue weighted by Crippen LogP contribution is -2.31. The van der Waals surface area contributed by atoms with E-state index in [2.05, 4.69) is 25.4 Å². The van der Waals surface area contributed by atoms with Crippen LogP contribution in [0.25, 0.3) is 11.0 Å². The summed E-state index contributed by atoms with van der Waals surface area (Å²) in [7, 11) is 0. The van der Waals surface area contributed by atoms with E-state index in [1.165, 1.54) is 0 Å². The fourth-order valence-corrected chi connectivity index (χ4v) is 3.99. The van der Waals surface area contributed by atoms with E-state index in [9.17, 15) is 14.4 Å². The molecule has 2 aliphatic rings. The van der Waals surface area contributed by atoms with Crippen LogP contribution in [0.1, 0.15) is 49.2 Å². The van der Waals surface area contributed by atoms with Crippen molar-refractivity contribution in [3.05, 3.63) is 38.4 Å². The molecule has 0 aliphatic heterocycles. The number of nitrogens with one attached hydrogen (secondary N) is 2. The number of carbonyl (C=O) groups excluding carboxylic acids is 1. The van der Waals surface area contributed by atoms with Crippen LogP contribution < -0.4 is 16.6 Å². The molecule has 0 bridgehead atoms. The summed E-state index contributed by atoms with van der Waals surface area (Å²) in [5.41, 5.74) is 0.0539. The average Bonchev–Trinajstić information content (AvgIpc) is 3.58. The van der Waals surface area contributed by atoms with Crippen molar-refractivity contribution < 1.29 is 9.32 Å². The van der Waals surface area contributed by atoms with Gasteiger partial charge in [-0.2, -0.15) is 0 Å². The van der Waals surface area contributed by atoms with Gasteiger partial charge in [0.25, 0.3) is 5.56 Å². The molecular formula is C18H18N6O4S. The molecule has 3 heterocycles. The highest BCUT2D eigenvalue weighted by Gasteiger charge is 2.32. The fraction of sp³-hybridized carbons (Fsp3) is 0.444. The van der Waals surface area contributed by atoms with Crippen LogP contribution in [0.3, 0.4) is 0 Å². The molecule has 11 heteroatoms. The lowest BCUT2D eigenvalue weighted by atomic mass is 10.3. The number of H-pyrrole nitrogens is 1. The molecular weight excluding hydrogens is 396 g/mol. The maximum atomic E-state index is 12.6. The van der Waals surface area contributed by atoms with Gasteiger partial charge in [0.1, 0.15) is 16.2 Å². The van der Waals surface area contributed by atoms with Gasteiger partial charge in [0.2, 0.25) is 11.8 Å². The second kappa shape index (κ2) is 6.83. The molecule has 5 rings (SSSR count). The first kappa shape index (κ1) is 18.1. The number of nitrogens with zero attached hydrogens (tertiary/aromatic N) is 4. The predicted octanol–water partition coefficient (Wildman–Crippen LogP) is 1.72. The van der Waals surface area contributed by atoms with Crippen molar-refractivity contribution >= 4 is 34.6 Å². The molecule has 2 saturated carbocycles. The number of aromatic amines is 1. The summed E-state index contributed by atoms with van der Waals surface area (Å²) in [4.78, 5) is 48.7.